The van der Waals surface area contributed by atoms with Gasteiger partial charge in [0.15, 0.2) is 17.3 Å². The van der Waals surface area contributed by atoms with Gasteiger partial charge in [-0.25, -0.2) is 0 Å². The minimum absolute atomic E-state index is 0.0760. The number of hydrogen-bond acceptors (Lipinski definition) is 5. The highest BCUT2D eigenvalue weighted by atomic mass is 32.1. The third-order valence-corrected chi connectivity index (χ3v) is 3.66. The van der Waals surface area contributed by atoms with E-state index in [0.29, 0.717) is 30.3 Å². The van der Waals surface area contributed by atoms with E-state index in [1.165, 1.54) is 0 Å². The van der Waals surface area contributed by atoms with Crippen molar-refractivity contribution >= 4 is 23.2 Å². The lowest BCUT2D eigenvalue weighted by Gasteiger charge is -2.11. The molecule has 0 aliphatic rings. The lowest BCUT2D eigenvalue weighted by atomic mass is 10.1. The van der Waals surface area contributed by atoms with Crippen LogP contribution in [0.25, 0.3) is 6.08 Å². The Bertz CT molecular complexity index is 632. The van der Waals surface area contributed by atoms with Gasteiger partial charge >= 0.3 is 0 Å². The van der Waals surface area contributed by atoms with Crippen LogP contribution in [0, 0.1) is 0 Å². The number of hydrogen-bond donors (Lipinski definition) is 0. The maximum atomic E-state index is 12.2. The highest BCUT2D eigenvalue weighted by molar-refractivity contribution is 7.08. The van der Waals surface area contributed by atoms with E-state index in [4.69, 9.17) is 14.2 Å². The lowest BCUT2D eigenvalue weighted by molar-refractivity contribution is 0.104. The van der Waals surface area contributed by atoms with E-state index in [0.717, 1.165) is 5.56 Å². The second-order valence-electron chi connectivity index (χ2n) is 4.46. The molecule has 5 heteroatoms. The quantitative estimate of drug-likeness (QED) is 0.423. The number of methoxy groups -OCH3 is 2. The molecule has 0 saturated carbocycles. The van der Waals surface area contributed by atoms with E-state index < -0.39 is 0 Å². The fourth-order valence-electron chi connectivity index (χ4n) is 1.81. The zero-order valence-corrected chi connectivity index (χ0v) is 13.4. The number of ketones is 1. The Morgan fingerprint density at radius 1 is 1.18 bits per heavy atom. The van der Waals surface area contributed by atoms with Gasteiger partial charge in [-0.1, -0.05) is 6.08 Å². The fraction of sp³-hybridized carbons (Fsp3) is 0.235. The molecule has 1 aromatic heterocycles. The standard InChI is InChI=1S/C17H18O4S/c1-19-8-9-21-16-6-4-14(11-17(16)20-2)15(18)5-3-13-7-10-22-12-13/h3-7,10-12H,8-9H2,1-2H3/b5-3+. The first-order chi connectivity index (χ1) is 10.7. The van der Waals surface area contributed by atoms with Gasteiger partial charge < -0.3 is 14.2 Å². The van der Waals surface area contributed by atoms with Gasteiger partial charge in [0.25, 0.3) is 0 Å². The SMILES string of the molecule is COCCOc1ccc(C(=O)/C=C/c2ccsc2)cc1OC. The van der Waals surface area contributed by atoms with Crippen LogP contribution in [-0.2, 0) is 4.74 Å². The van der Waals surface area contributed by atoms with Crippen molar-refractivity contribution in [2.24, 2.45) is 0 Å². The fourth-order valence-corrected chi connectivity index (χ4v) is 2.44. The Kier molecular flexibility index (Phi) is 6.18. The third kappa shape index (κ3) is 4.44. The van der Waals surface area contributed by atoms with Crippen LogP contribution in [0.1, 0.15) is 15.9 Å². The predicted molar refractivity (Wildman–Crippen MR) is 88.0 cm³/mol. The van der Waals surface area contributed by atoms with E-state index in [1.807, 2.05) is 16.8 Å². The number of carbonyl (C=O) groups excluding carboxylic acids is 1. The highest BCUT2D eigenvalue weighted by Crippen LogP contribution is 2.28. The summed E-state index contributed by atoms with van der Waals surface area (Å²) in [5.74, 6) is 1.05. The van der Waals surface area contributed by atoms with Crippen molar-refractivity contribution in [3.05, 3.63) is 52.2 Å². The van der Waals surface area contributed by atoms with Gasteiger partial charge in [0, 0.05) is 12.7 Å². The molecule has 0 bridgehead atoms. The summed E-state index contributed by atoms with van der Waals surface area (Å²) < 4.78 is 15.8. The molecule has 0 unspecified atom stereocenters. The van der Waals surface area contributed by atoms with Crippen LogP contribution in [0.15, 0.2) is 41.1 Å². The van der Waals surface area contributed by atoms with Crippen LogP contribution in [0.5, 0.6) is 11.5 Å². The Morgan fingerprint density at radius 2 is 2.05 bits per heavy atom. The number of allylic oxidation sites excluding steroid dienone is 1. The molecule has 116 valence electrons. The summed E-state index contributed by atoms with van der Waals surface area (Å²) in [7, 11) is 3.16. The molecule has 0 saturated heterocycles. The Morgan fingerprint density at radius 3 is 2.73 bits per heavy atom. The molecule has 4 nitrogen and oxygen atoms in total. The van der Waals surface area contributed by atoms with E-state index >= 15 is 0 Å². The normalized spacial score (nSPS) is 10.8. The van der Waals surface area contributed by atoms with Gasteiger partial charge in [0.1, 0.15) is 6.61 Å². The van der Waals surface area contributed by atoms with Crippen LogP contribution in [-0.4, -0.2) is 33.2 Å². The Hall–Kier alpha value is -2.11. The highest BCUT2D eigenvalue weighted by Gasteiger charge is 2.09. The summed E-state index contributed by atoms with van der Waals surface area (Å²) in [6, 6.07) is 7.11. The summed E-state index contributed by atoms with van der Waals surface area (Å²) in [5.41, 5.74) is 1.58. The topological polar surface area (TPSA) is 44.8 Å². The molecule has 0 atom stereocenters. The molecular weight excluding hydrogens is 300 g/mol. The van der Waals surface area contributed by atoms with Gasteiger partial charge in [-0.15, -0.1) is 0 Å². The van der Waals surface area contributed by atoms with Crippen molar-refractivity contribution < 1.29 is 19.0 Å². The van der Waals surface area contributed by atoms with Gasteiger partial charge in [0.2, 0.25) is 0 Å². The minimum Gasteiger partial charge on any atom is -0.493 e. The molecule has 2 aromatic rings. The predicted octanol–water partition coefficient (Wildman–Crippen LogP) is 3.68. The molecule has 1 heterocycles. The monoisotopic (exact) mass is 318 g/mol. The second-order valence-corrected chi connectivity index (χ2v) is 5.24. The third-order valence-electron chi connectivity index (χ3n) is 2.96. The number of thiophene rings is 1. The average molecular weight is 318 g/mol. The Labute approximate surface area is 133 Å². The molecule has 0 radical (unpaired) electrons. The summed E-state index contributed by atoms with van der Waals surface area (Å²) in [5, 5.41) is 3.95. The molecule has 0 aliphatic carbocycles. The number of carbonyl (C=O) groups is 1. The first-order valence-corrected chi connectivity index (χ1v) is 7.73. The van der Waals surface area contributed by atoms with Crippen LogP contribution in [0.2, 0.25) is 0 Å². The van der Waals surface area contributed by atoms with Crippen LogP contribution < -0.4 is 9.47 Å². The molecule has 0 amide bonds. The zero-order chi connectivity index (χ0) is 15.8. The summed E-state index contributed by atoms with van der Waals surface area (Å²) >= 11 is 1.60. The first kappa shape index (κ1) is 16.3. The molecule has 0 N–H and O–H groups in total. The van der Waals surface area contributed by atoms with Crippen molar-refractivity contribution in [1.82, 2.24) is 0 Å². The summed E-state index contributed by atoms with van der Waals surface area (Å²) in [4.78, 5) is 12.2. The molecule has 2 rings (SSSR count). The van der Waals surface area contributed by atoms with Gasteiger partial charge in [-0.2, -0.15) is 11.3 Å². The van der Waals surface area contributed by atoms with Crippen LogP contribution in [0.3, 0.4) is 0 Å². The van der Waals surface area contributed by atoms with E-state index in [2.05, 4.69) is 0 Å². The Balaban J connectivity index is 2.09. The number of rotatable bonds is 8. The number of benzene rings is 1. The van der Waals surface area contributed by atoms with Crippen molar-refractivity contribution in [3.63, 3.8) is 0 Å². The van der Waals surface area contributed by atoms with E-state index in [9.17, 15) is 4.79 Å². The van der Waals surface area contributed by atoms with Gasteiger partial charge in [0.05, 0.1) is 13.7 Å². The van der Waals surface area contributed by atoms with E-state index in [1.54, 1.807) is 55.9 Å². The average Bonchev–Trinajstić information content (AvgIpc) is 3.06. The van der Waals surface area contributed by atoms with Crippen LogP contribution in [0.4, 0.5) is 0 Å². The smallest absolute Gasteiger partial charge is 0.185 e. The van der Waals surface area contributed by atoms with Crippen LogP contribution >= 0.6 is 11.3 Å². The molecule has 0 aliphatic heterocycles. The van der Waals surface area contributed by atoms with Crippen molar-refractivity contribution in [2.75, 3.05) is 27.4 Å². The molecule has 0 spiro atoms. The maximum absolute atomic E-state index is 12.2. The largest absolute Gasteiger partial charge is 0.493 e. The zero-order valence-electron chi connectivity index (χ0n) is 12.6. The summed E-state index contributed by atoms with van der Waals surface area (Å²) in [6.07, 6.45) is 3.36. The molecule has 22 heavy (non-hydrogen) atoms. The van der Waals surface area contributed by atoms with Crippen molar-refractivity contribution in [2.45, 2.75) is 0 Å². The molecule has 1 aromatic carbocycles. The van der Waals surface area contributed by atoms with Gasteiger partial charge in [-0.3, -0.25) is 4.79 Å². The molecular formula is C17H18O4S. The van der Waals surface area contributed by atoms with E-state index in [-0.39, 0.29) is 5.78 Å². The first-order valence-electron chi connectivity index (χ1n) is 6.79. The lowest BCUT2D eigenvalue weighted by Crippen LogP contribution is -2.06. The second kappa shape index (κ2) is 8.36. The molecule has 0 fully saturated rings. The van der Waals surface area contributed by atoms with Gasteiger partial charge in [-0.05, 0) is 46.7 Å². The maximum Gasteiger partial charge on any atom is 0.185 e. The minimum atomic E-state index is -0.0760. The number of ether oxygens (including phenoxy) is 3. The van der Waals surface area contributed by atoms with Crippen molar-refractivity contribution in [1.29, 1.82) is 0 Å². The summed E-state index contributed by atoms with van der Waals surface area (Å²) in [6.45, 7) is 0.922. The van der Waals surface area contributed by atoms with Crippen molar-refractivity contribution in [3.8, 4) is 11.5 Å².